The van der Waals surface area contributed by atoms with Crippen LogP contribution in [0.2, 0.25) is 0 Å². The number of carbonyl (C=O) groups excluding carboxylic acids is 1. The van der Waals surface area contributed by atoms with Crippen molar-refractivity contribution in [2.45, 2.75) is 25.8 Å². The summed E-state index contributed by atoms with van der Waals surface area (Å²) in [6, 6.07) is -0.0458. The van der Waals surface area contributed by atoms with Gasteiger partial charge in [-0.25, -0.2) is 8.42 Å². The smallest absolute Gasteiger partial charge is 0.220 e. The van der Waals surface area contributed by atoms with E-state index in [0.29, 0.717) is 19.4 Å². The molecule has 1 rings (SSSR count). The molecule has 2 atom stereocenters. The average Bonchev–Trinajstić information content (AvgIpc) is 2.44. The van der Waals surface area contributed by atoms with Crippen molar-refractivity contribution in [1.29, 1.82) is 0 Å². The molecule has 0 aromatic carbocycles. The van der Waals surface area contributed by atoms with Gasteiger partial charge in [0, 0.05) is 19.0 Å². The predicted molar refractivity (Wildman–Crippen MR) is 58.0 cm³/mol. The fourth-order valence-corrected chi connectivity index (χ4v) is 3.55. The van der Waals surface area contributed by atoms with E-state index in [9.17, 15) is 13.2 Å². The first-order valence-electron chi connectivity index (χ1n) is 5.13. The van der Waals surface area contributed by atoms with Gasteiger partial charge in [-0.15, -0.1) is 0 Å². The Kier molecular flexibility index (Phi) is 4.10. The number of sulfone groups is 1. The Hall–Kier alpha value is -0.620. The van der Waals surface area contributed by atoms with Gasteiger partial charge in [0.25, 0.3) is 0 Å². The summed E-state index contributed by atoms with van der Waals surface area (Å²) < 4.78 is 22.3. The highest BCUT2D eigenvalue weighted by atomic mass is 32.2. The first kappa shape index (κ1) is 12.4. The second-order valence-corrected chi connectivity index (χ2v) is 6.41. The Bertz CT molecular complexity index is 326. The van der Waals surface area contributed by atoms with E-state index in [0.717, 1.165) is 0 Å². The second-order valence-electron chi connectivity index (χ2n) is 4.18. The molecule has 15 heavy (non-hydrogen) atoms. The van der Waals surface area contributed by atoms with Crippen molar-refractivity contribution in [3.05, 3.63) is 0 Å². The van der Waals surface area contributed by atoms with Crippen LogP contribution in [0.15, 0.2) is 0 Å². The summed E-state index contributed by atoms with van der Waals surface area (Å²) in [6.07, 6.45) is 0.899. The van der Waals surface area contributed by atoms with E-state index in [2.05, 4.69) is 5.32 Å². The van der Waals surface area contributed by atoms with Gasteiger partial charge in [-0.3, -0.25) is 4.79 Å². The van der Waals surface area contributed by atoms with Crippen molar-refractivity contribution in [3.63, 3.8) is 0 Å². The van der Waals surface area contributed by atoms with E-state index in [1.54, 1.807) is 0 Å². The van der Waals surface area contributed by atoms with Gasteiger partial charge in [0.2, 0.25) is 5.91 Å². The SMILES string of the molecule is C[C@H](CN)NC(=O)CC1CCS(=O)(=O)C1. The predicted octanol–water partition coefficient (Wildman–Crippen LogP) is -0.725. The zero-order valence-electron chi connectivity index (χ0n) is 8.90. The molecule has 3 N–H and O–H groups in total. The van der Waals surface area contributed by atoms with E-state index in [1.165, 1.54) is 0 Å². The molecule has 1 amide bonds. The van der Waals surface area contributed by atoms with Gasteiger partial charge in [0.1, 0.15) is 0 Å². The summed E-state index contributed by atoms with van der Waals surface area (Å²) in [6.45, 7) is 2.22. The molecule has 1 heterocycles. The molecule has 5 nitrogen and oxygen atoms in total. The van der Waals surface area contributed by atoms with Crippen molar-refractivity contribution in [1.82, 2.24) is 5.32 Å². The Balaban J connectivity index is 2.34. The fraction of sp³-hybridized carbons (Fsp3) is 0.889. The largest absolute Gasteiger partial charge is 0.352 e. The van der Waals surface area contributed by atoms with Crippen LogP contribution in [0.25, 0.3) is 0 Å². The van der Waals surface area contributed by atoms with Gasteiger partial charge in [-0.05, 0) is 19.3 Å². The molecule has 1 fully saturated rings. The summed E-state index contributed by atoms with van der Waals surface area (Å²) >= 11 is 0. The number of rotatable bonds is 4. The fourth-order valence-electron chi connectivity index (χ4n) is 1.69. The number of hydrogen-bond acceptors (Lipinski definition) is 4. The van der Waals surface area contributed by atoms with Crippen LogP contribution in [0.1, 0.15) is 19.8 Å². The lowest BCUT2D eigenvalue weighted by atomic mass is 10.0. The van der Waals surface area contributed by atoms with Crippen LogP contribution >= 0.6 is 0 Å². The van der Waals surface area contributed by atoms with Crippen LogP contribution in [-0.2, 0) is 14.6 Å². The Morgan fingerprint density at radius 1 is 1.60 bits per heavy atom. The van der Waals surface area contributed by atoms with Crippen molar-refractivity contribution < 1.29 is 13.2 Å². The van der Waals surface area contributed by atoms with Crippen molar-refractivity contribution in [3.8, 4) is 0 Å². The molecule has 0 saturated carbocycles. The van der Waals surface area contributed by atoms with Gasteiger partial charge in [0.05, 0.1) is 11.5 Å². The summed E-state index contributed by atoms with van der Waals surface area (Å²) in [5.41, 5.74) is 5.36. The molecule has 0 radical (unpaired) electrons. The first-order valence-corrected chi connectivity index (χ1v) is 6.95. The van der Waals surface area contributed by atoms with Gasteiger partial charge in [-0.2, -0.15) is 0 Å². The van der Waals surface area contributed by atoms with Gasteiger partial charge in [0.15, 0.2) is 9.84 Å². The van der Waals surface area contributed by atoms with E-state index >= 15 is 0 Å². The third kappa shape index (κ3) is 4.17. The standard InChI is InChI=1S/C9H18N2O3S/c1-7(5-10)11-9(12)4-8-2-3-15(13,14)6-8/h7-8H,2-6,10H2,1H3,(H,11,12)/t7-,8?/m1/s1. The van der Waals surface area contributed by atoms with Gasteiger partial charge >= 0.3 is 0 Å². The highest BCUT2D eigenvalue weighted by Gasteiger charge is 2.29. The minimum Gasteiger partial charge on any atom is -0.352 e. The molecule has 0 bridgehead atoms. The van der Waals surface area contributed by atoms with Crippen molar-refractivity contribution in [2.75, 3.05) is 18.1 Å². The Morgan fingerprint density at radius 3 is 2.73 bits per heavy atom. The molecule has 1 aliphatic heterocycles. The number of nitrogens with two attached hydrogens (primary N) is 1. The van der Waals surface area contributed by atoms with Crippen LogP contribution in [0.5, 0.6) is 0 Å². The van der Waals surface area contributed by atoms with Gasteiger partial charge in [-0.1, -0.05) is 0 Å². The Labute approximate surface area is 90.3 Å². The maximum absolute atomic E-state index is 11.4. The normalized spacial score (nSPS) is 26.1. The van der Waals surface area contributed by atoms with Crippen LogP contribution in [0.4, 0.5) is 0 Å². The lowest BCUT2D eigenvalue weighted by molar-refractivity contribution is -0.122. The monoisotopic (exact) mass is 234 g/mol. The van der Waals surface area contributed by atoms with Crippen LogP contribution in [0.3, 0.4) is 0 Å². The summed E-state index contributed by atoms with van der Waals surface area (Å²) in [4.78, 5) is 11.4. The number of carbonyl (C=O) groups is 1. The maximum atomic E-state index is 11.4. The third-order valence-corrected chi connectivity index (χ3v) is 4.40. The lowest BCUT2D eigenvalue weighted by Gasteiger charge is -2.13. The van der Waals surface area contributed by atoms with E-state index in [1.807, 2.05) is 6.92 Å². The van der Waals surface area contributed by atoms with Crippen LogP contribution in [0, 0.1) is 5.92 Å². The highest BCUT2D eigenvalue weighted by molar-refractivity contribution is 7.91. The molecule has 1 unspecified atom stereocenters. The zero-order valence-corrected chi connectivity index (χ0v) is 9.72. The molecule has 88 valence electrons. The van der Waals surface area contributed by atoms with E-state index < -0.39 is 9.84 Å². The van der Waals surface area contributed by atoms with E-state index in [-0.39, 0.29) is 29.4 Å². The summed E-state index contributed by atoms with van der Waals surface area (Å²) in [7, 11) is -2.88. The number of amides is 1. The molecule has 0 aromatic rings. The molecule has 0 spiro atoms. The average molecular weight is 234 g/mol. The summed E-state index contributed by atoms with van der Waals surface area (Å²) in [5, 5.41) is 2.73. The summed E-state index contributed by atoms with van der Waals surface area (Å²) in [5.74, 6) is 0.254. The molecule has 0 aromatic heterocycles. The van der Waals surface area contributed by atoms with Crippen molar-refractivity contribution >= 4 is 15.7 Å². The molecular weight excluding hydrogens is 216 g/mol. The quantitative estimate of drug-likeness (QED) is 0.671. The minimum absolute atomic E-state index is 0.0139. The number of nitrogens with one attached hydrogen (secondary N) is 1. The topological polar surface area (TPSA) is 89.3 Å². The second kappa shape index (κ2) is 4.94. The molecule has 1 aliphatic rings. The highest BCUT2D eigenvalue weighted by Crippen LogP contribution is 2.21. The maximum Gasteiger partial charge on any atom is 0.220 e. The molecule has 6 heteroatoms. The van der Waals surface area contributed by atoms with E-state index in [4.69, 9.17) is 5.73 Å². The number of hydrogen-bond donors (Lipinski definition) is 2. The van der Waals surface area contributed by atoms with Crippen molar-refractivity contribution in [2.24, 2.45) is 11.7 Å². The molecule has 1 saturated heterocycles. The minimum atomic E-state index is -2.88. The zero-order chi connectivity index (χ0) is 11.5. The van der Waals surface area contributed by atoms with Crippen LogP contribution < -0.4 is 11.1 Å². The van der Waals surface area contributed by atoms with Crippen LogP contribution in [-0.4, -0.2) is 38.4 Å². The molecular formula is C9H18N2O3S. The third-order valence-electron chi connectivity index (χ3n) is 2.56. The van der Waals surface area contributed by atoms with Gasteiger partial charge < -0.3 is 11.1 Å². The lowest BCUT2D eigenvalue weighted by Crippen LogP contribution is -2.38. The Morgan fingerprint density at radius 2 is 2.27 bits per heavy atom. The first-order chi connectivity index (χ1) is 6.93. The molecule has 0 aliphatic carbocycles.